The number of hydrogen-bond donors (Lipinski definition) is 1. The van der Waals surface area contributed by atoms with Gasteiger partial charge in [-0.05, 0) is 49.7 Å². The van der Waals surface area contributed by atoms with E-state index in [1.165, 1.54) is 0 Å². The highest BCUT2D eigenvalue weighted by molar-refractivity contribution is 5.96. The van der Waals surface area contributed by atoms with Gasteiger partial charge in [0.15, 0.2) is 0 Å². The second-order valence-corrected chi connectivity index (χ2v) is 5.93. The van der Waals surface area contributed by atoms with Crippen molar-refractivity contribution in [1.82, 2.24) is 9.99 Å². The molecule has 3 rings (SSSR count). The lowest BCUT2D eigenvalue weighted by Gasteiger charge is -2.09. The summed E-state index contributed by atoms with van der Waals surface area (Å²) < 4.78 is 7.23. The molecular formula is C21H21N3O2. The van der Waals surface area contributed by atoms with Gasteiger partial charge in [-0.2, -0.15) is 5.10 Å². The molecule has 0 saturated heterocycles. The van der Waals surface area contributed by atoms with Crippen LogP contribution in [0.2, 0.25) is 0 Å². The van der Waals surface area contributed by atoms with E-state index >= 15 is 0 Å². The first-order valence-corrected chi connectivity index (χ1v) is 8.32. The highest BCUT2D eigenvalue weighted by Crippen LogP contribution is 2.20. The Kier molecular flexibility index (Phi) is 5.17. The number of nitrogens with one attached hydrogen (secondary N) is 1. The normalized spacial score (nSPS) is 10.9. The van der Waals surface area contributed by atoms with Crippen molar-refractivity contribution in [2.75, 3.05) is 7.11 Å². The number of hydrazone groups is 1. The lowest BCUT2D eigenvalue weighted by atomic mass is 10.2. The number of amides is 1. The molecule has 26 heavy (non-hydrogen) atoms. The van der Waals surface area contributed by atoms with E-state index in [1.807, 2.05) is 74.5 Å². The van der Waals surface area contributed by atoms with Crippen molar-refractivity contribution in [1.29, 1.82) is 0 Å². The molecule has 132 valence electrons. The Labute approximate surface area is 152 Å². The number of carbonyl (C=O) groups excluding carboxylic acids is 1. The van der Waals surface area contributed by atoms with Gasteiger partial charge in [-0.15, -0.1) is 0 Å². The zero-order valence-corrected chi connectivity index (χ0v) is 15.1. The maximum atomic E-state index is 12.5. The van der Waals surface area contributed by atoms with Gasteiger partial charge < -0.3 is 9.30 Å². The lowest BCUT2D eigenvalue weighted by Crippen LogP contribution is -2.18. The molecule has 2 aromatic carbocycles. The number of hydrogen-bond acceptors (Lipinski definition) is 3. The predicted octanol–water partition coefficient (Wildman–Crippen LogP) is 3.87. The van der Waals surface area contributed by atoms with Gasteiger partial charge in [-0.1, -0.05) is 30.3 Å². The van der Waals surface area contributed by atoms with Gasteiger partial charge in [0.1, 0.15) is 5.75 Å². The summed E-state index contributed by atoms with van der Waals surface area (Å²) in [6, 6.07) is 19.3. The van der Waals surface area contributed by atoms with Gasteiger partial charge in [-0.25, -0.2) is 5.43 Å². The van der Waals surface area contributed by atoms with Crippen molar-refractivity contribution in [2.45, 2.75) is 13.8 Å². The van der Waals surface area contributed by atoms with E-state index < -0.39 is 0 Å². The minimum absolute atomic E-state index is 0.237. The summed E-state index contributed by atoms with van der Waals surface area (Å²) in [6.07, 6.45) is 1.59. The Morgan fingerprint density at radius 3 is 2.58 bits per heavy atom. The monoisotopic (exact) mass is 347 g/mol. The quantitative estimate of drug-likeness (QED) is 0.563. The molecule has 0 bridgehead atoms. The first-order valence-electron chi connectivity index (χ1n) is 8.32. The largest absolute Gasteiger partial charge is 0.497 e. The van der Waals surface area contributed by atoms with Crippen LogP contribution in [0.3, 0.4) is 0 Å². The highest BCUT2D eigenvalue weighted by Gasteiger charge is 2.16. The highest BCUT2D eigenvalue weighted by atomic mass is 16.5. The molecule has 0 aliphatic heterocycles. The number of para-hydroxylation sites is 1. The fourth-order valence-electron chi connectivity index (χ4n) is 2.91. The number of aryl methyl sites for hydroxylation is 1. The van der Waals surface area contributed by atoms with Crippen LogP contribution in [0.4, 0.5) is 0 Å². The van der Waals surface area contributed by atoms with Crippen molar-refractivity contribution in [3.05, 3.63) is 83.2 Å². The summed E-state index contributed by atoms with van der Waals surface area (Å²) in [4.78, 5) is 12.5. The zero-order chi connectivity index (χ0) is 18.5. The zero-order valence-electron chi connectivity index (χ0n) is 15.1. The van der Waals surface area contributed by atoms with Gasteiger partial charge >= 0.3 is 0 Å². The van der Waals surface area contributed by atoms with Gasteiger partial charge in [0, 0.05) is 17.1 Å². The van der Waals surface area contributed by atoms with Crippen molar-refractivity contribution >= 4 is 12.1 Å². The summed E-state index contributed by atoms with van der Waals surface area (Å²) in [6.45, 7) is 3.91. The third-order valence-corrected chi connectivity index (χ3v) is 4.16. The number of carbonyl (C=O) groups is 1. The van der Waals surface area contributed by atoms with Crippen LogP contribution in [0.5, 0.6) is 5.75 Å². The smallest absolute Gasteiger partial charge is 0.273 e. The SMILES string of the molecule is COc1cccc(C=NNC(=O)c2cc(C)n(-c3ccccc3)c2C)c1. The van der Waals surface area contributed by atoms with Crippen LogP contribution in [-0.4, -0.2) is 23.8 Å². The minimum atomic E-state index is -0.237. The summed E-state index contributed by atoms with van der Waals surface area (Å²) in [5.74, 6) is 0.506. The van der Waals surface area contributed by atoms with Crippen molar-refractivity contribution in [2.24, 2.45) is 5.10 Å². The van der Waals surface area contributed by atoms with Crippen LogP contribution in [0.25, 0.3) is 5.69 Å². The van der Waals surface area contributed by atoms with E-state index in [9.17, 15) is 4.79 Å². The van der Waals surface area contributed by atoms with Crippen molar-refractivity contribution in [3.8, 4) is 11.4 Å². The second-order valence-electron chi connectivity index (χ2n) is 5.93. The topological polar surface area (TPSA) is 55.6 Å². The molecule has 0 atom stereocenters. The molecule has 1 aromatic heterocycles. The van der Waals surface area contributed by atoms with Gasteiger partial charge in [0.2, 0.25) is 0 Å². The molecule has 0 aliphatic rings. The molecular weight excluding hydrogens is 326 g/mol. The Hall–Kier alpha value is -3.34. The van der Waals surface area contributed by atoms with E-state index in [4.69, 9.17) is 4.74 Å². The number of benzene rings is 2. The van der Waals surface area contributed by atoms with Crippen LogP contribution < -0.4 is 10.2 Å². The van der Waals surface area contributed by atoms with Gasteiger partial charge in [0.05, 0.1) is 18.9 Å². The average molecular weight is 347 g/mol. The molecule has 1 amide bonds. The first kappa shape index (κ1) is 17.5. The molecule has 1 heterocycles. The maximum Gasteiger partial charge on any atom is 0.273 e. The summed E-state index contributed by atoms with van der Waals surface area (Å²) in [7, 11) is 1.61. The first-order chi connectivity index (χ1) is 12.6. The Balaban J connectivity index is 1.77. The Bertz CT molecular complexity index is 943. The van der Waals surface area contributed by atoms with Crippen LogP contribution in [-0.2, 0) is 0 Å². The van der Waals surface area contributed by atoms with Gasteiger partial charge in [-0.3, -0.25) is 4.79 Å². The van der Waals surface area contributed by atoms with E-state index in [-0.39, 0.29) is 5.91 Å². The summed E-state index contributed by atoms with van der Waals surface area (Å²) >= 11 is 0. The fourth-order valence-corrected chi connectivity index (χ4v) is 2.91. The van der Waals surface area contributed by atoms with Crippen molar-refractivity contribution in [3.63, 3.8) is 0 Å². The Morgan fingerprint density at radius 1 is 1.08 bits per heavy atom. The number of rotatable bonds is 5. The molecule has 0 fully saturated rings. The molecule has 0 unspecified atom stereocenters. The Morgan fingerprint density at radius 2 is 1.85 bits per heavy atom. The molecule has 5 heteroatoms. The number of nitrogens with zero attached hydrogens (tertiary/aromatic N) is 2. The number of aromatic nitrogens is 1. The van der Waals surface area contributed by atoms with E-state index in [2.05, 4.69) is 15.1 Å². The number of methoxy groups -OCH3 is 1. The molecule has 5 nitrogen and oxygen atoms in total. The molecule has 0 aliphatic carbocycles. The average Bonchev–Trinajstić information content (AvgIpc) is 2.97. The second kappa shape index (κ2) is 7.70. The maximum absolute atomic E-state index is 12.5. The van der Waals surface area contributed by atoms with E-state index in [1.54, 1.807) is 13.3 Å². The number of ether oxygens (including phenoxy) is 1. The summed E-state index contributed by atoms with van der Waals surface area (Å²) in [5.41, 5.74) is 6.95. The van der Waals surface area contributed by atoms with Gasteiger partial charge in [0.25, 0.3) is 5.91 Å². The van der Waals surface area contributed by atoms with Crippen LogP contribution in [0, 0.1) is 13.8 Å². The minimum Gasteiger partial charge on any atom is -0.497 e. The fraction of sp³-hybridized carbons (Fsp3) is 0.143. The molecule has 0 spiro atoms. The van der Waals surface area contributed by atoms with Crippen LogP contribution in [0.1, 0.15) is 27.3 Å². The molecule has 1 N–H and O–H groups in total. The molecule has 0 radical (unpaired) electrons. The predicted molar refractivity (Wildman–Crippen MR) is 103 cm³/mol. The van der Waals surface area contributed by atoms with Crippen LogP contribution in [0.15, 0.2) is 65.8 Å². The van der Waals surface area contributed by atoms with Crippen molar-refractivity contribution < 1.29 is 9.53 Å². The third kappa shape index (κ3) is 3.67. The molecule has 3 aromatic rings. The summed E-state index contributed by atoms with van der Waals surface area (Å²) in [5, 5.41) is 4.06. The third-order valence-electron chi connectivity index (χ3n) is 4.16. The lowest BCUT2D eigenvalue weighted by molar-refractivity contribution is 0.0954. The van der Waals surface area contributed by atoms with Crippen LogP contribution >= 0.6 is 0 Å². The molecule has 0 saturated carbocycles. The standard InChI is InChI=1S/C21H21N3O2/c1-15-12-20(16(2)24(15)18-9-5-4-6-10-18)21(25)23-22-14-17-8-7-11-19(13-17)26-3/h4-14H,1-3H3,(H,23,25). The van der Waals surface area contributed by atoms with E-state index in [0.29, 0.717) is 5.56 Å². The van der Waals surface area contributed by atoms with E-state index in [0.717, 1.165) is 28.4 Å².